The fourth-order valence-corrected chi connectivity index (χ4v) is 3.66. The molecule has 0 aliphatic carbocycles. The molecule has 0 radical (unpaired) electrons. The number of hydrogen-bond acceptors (Lipinski definition) is 4. The Morgan fingerprint density at radius 1 is 1.07 bits per heavy atom. The smallest absolute Gasteiger partial charge is 0.293 e. The SMILES string of the molecule is CCCCOc1ccc(/C=C2\SC(=O)N(Cc3ccc(Br)cc3)C2=O)cc1. The molecule has 2 aromatic carbocycles. The third-order valence-corrected chi connectivity index (χ3v) is 5.51. The molecule has 0 spiro atoms. The topological polar surface area (TPSA) is 46.6 Å². The zero-order valence-corrected chi connectivity index (χ0v) is 17.4. The van der Waals surface area contributed by atoms with Crippen molar-refractivity contribution in [3.8, 4) is 5.75 Å². The van der Waals surface area contributed by atoms with E-state index in [-0.39, 0.29) is 17.7 Å². The molecule has 0 atom stereocenters. The van der Waals surface area contributed by atoms with Crippen LogP contribution in [0.15, 0.2) is 57.9 Å². The van der Waals surface area contributed by atoms with Gasteiger partial charge in [0.1, 0.15) is 5.75 Å². The fourth-order valence-electron chi connectivity index (χ4n) is 2.55. The first-order chi connectivity index (χ1) is 13.1. The van der Waals surface area contributed by atoms with E-state index in [0.717, 1.165) is 46.0 Å². The number of hydrogen-bond donors (Lipinski definition) is 0. The van der Waals surface area contributed by atoms with Crippen LogP contribution in [0, 0.1) is 0 Å². The van der Waals surface area contributed by atoms with Crippen molar-refractivity contribution >= 4 is 44.9 Å². The van der Waals surface area contributed by atoms with Crippen LogP contribution in [0.4, 0.5) is 4.79 Å². The first-order valence-electron chi connectivity index (χ1n) is 8.79. The second-order valence-corrected chi connectivity index (χ2v) is 8.07. The predicted molar refractivity (Wildman–Crippen MR) is 113 cm³/mol. The molecule has 0 saturated carbocycles. The molecule has 0 aromatic heterocycles. The van der Waals surface area contributed by atoms with Crippen LogP contribution in [-0.2, 0) is 11.3 Å². The minimum absolute atomic E-state index is 0.242. The van der Waals surface area contributed by atoms with Gasteiger partial charge in [0.15, 0.2) is 0 Å². The maximum absolute atomic E-state index is 12.6. The van der Waals surface area contributed by atoms with Crippen molar-refractivity contribution in [1.29, 1.82) is 0 Å². The summed E-state index contributed by atoms with van der Waals surface area (Å²) >= 11 is 4.36. The zero-order chi connectivity index (χ0) is 19.2. The molecular weight excluding hydrogens is 426 g/mol. The average Bonchev–Trinajstić information content (AvgIpc) is 2.92. The van der Waals surface area contributed by atoms with Gasteiger partial charge in [-0.05, 0) is 59.7 Å². The van der Waals surface area contributed by atoms with Crippen molar-refractivity contribution in [2.45, 2.75) is 26.3 Å². The number of rotatable bonds is 7. The van der Waals surface area contributed by atoms with Crippen LogP contribution in [0.1, 0.15) is 30.9 Å². The Kier molecular flexibility index (Phi) is 6.74. The summed E-state index contributed by atoms with van der Waals surface area (Å²) in [5, 5.41) is -0.242. The van der Waals surface area contributed by atoms with E-state index < -0.39 is 0 Å². The van der Waals surface area contributed by atoms with Gasteiger partial charge in [0.05, 0.1) is 18.1 Å². The molecule has 2 aromatic rings. The highest BCUT2D eigenvalue weighted by atomic mass is 79.9. The Labute approximate surface area is 171 Å². The average molecular weight is 446 g/mol. The molecule has 0 N–H and O–H groups in total. The normalized spacial score (nSPS) is 15.6. The number of carbonyl (C=O) groups is 2. The van der Waals surface area contributed by atoms with Crippen LogP contribution in [0.3, 0.4) is 0 Å². The first-order valence-corrected chi connectivity index (χ1v) is 10.4. The number of imide groups is 1. The van der Waals surface area contributed by atoms with Gasteiger partial charge in [0.2, 0.25) is 0 Å². The molecule has 1 saturated heterocycles. The van der Waals surface area contributed by atoms with Crippen LogP contribution >= 0.6 is 27.7 Å². The number of ether oxygens (including phenoxy) is 1. The van der Waals surface area contributed by atoms with Gasteiger partial charge in [-0.25, -0.2) is 0 Å². The van der Waals surface area contributed by atoms with Crippen LogP contribution < -0.4 is 4.74 Å². The highest BCUT2D eigenvalue weighted by Gasteiger charge is 2.34. The van der Waals surface area contributed by atoms with Gasteiger partial charge in [-0.3, -0.25) is 14.5 Å². The van der Waals surface area contributed by atoms with Gasteiger partial charge < -0.3 is 4.74 Å². The molecule has 2 amide bonds. The maximum Gasteiger partial charge on any atom is 0.293 e. The second-order valence-electron chi connectivity index (χ2n) is 6.17. The molecule has 1 fully saturated rings. The van der Waals surface area contributed by atoms with E-state index in [4.69, 9.17) is 4.74 Å². The lowest BCUT2D eigenvalue weighted by Crippen LogP contribution is -2.27. The van der Waals surface area contributed by atoms with Crippen LogP contribution in [0.25, 0.3) is 6.08 Å². The van der Waals surface area contributed by atoms with Crippen molar-refractivity contribution in [2.75, 3.05) is 6.61 Å². The molecule has 0 bridgehead atoms. The quantitative estimate of drug-likeness (QED) is 0.395. The van der Waals surface area contributed by atoms with Crippen molar-refractivity contribution < 1.29 is 14.3 Å². The fraction of sp³-hybridized carbons (Fsp3) is 0.238. The van der Waals surface area contributed by atoms with Crippen molar-refractivity contribution in [3.05, 3.63) is 69.0 Å². The van der Waals surface area contributed by atoms with Crippen molar-refractivity contribution in [1.82, 2.24) is 4.90 Å². The van der Waals surface area contributed by atoms with Gasteiger partial charge in [-0.1, -0.05) is 53.5 Å². The Bertz CT molecular complexity index is 847. The van der Waals surface area contributed by atoms with E-state index in [9.17, 15) is 9.59 Å². The highest BCUT2D eigenvalue weighted by Crippen LogP contribution is 2.33. The summed E-state index contributed by atoms with van der Waals surface area (Å²) in [7, 11) is 0. The highest BCUT2D eigenvalue weighted by molar-refractivity contribution is 9.10. The number of thioether (sulfide) groups is 1. The van der Waals surface area contributed by atoms with E-state index in [1.54, 1.807) is 6.08 Å². The number of unbranched alkanes of at least 4 members (excludes halogenated alkanes) is 1. The molecule has 1 aliphatic heterocycles. The summed E-state index contributed by atoms with van der Waals surface area (Å²) in [5.74, 6) is 0.556. The molecular formula is C21H20BrNO3S. The molecule has 4 nitrogen and oxygen atoms in total. The Hall–Kier alpha value is -2.05. The summed E-state index contributed by atoms with van der Waals surface area (Å²) in [6.07, 6.45) is 3.86. The monoisotopic (exact) mass is 445 g/mol. The lowest BCUT2D eigenvalue weighted by atomic mass is 10.2. The van der Waals surface area contributed by atoms with Gasteiger partial charge in [0.25, 0.3) is 11.1 Å². The standard InChI is InChI=1S/C21H20BrNO3S/c1-2-3-12-26-18-10-6-15(7-11-18)13-19-20(24)23(21(25)27-19)14-16-4-8-17(22)9-5-16/h4-11,13H,2-3,12,14H2,1H3/b19-13-. The van der Waals surface area contributed by atoms with Gasteiger partial charge >= 0.3 is 0 Å². The summed E-state index contributed by atoms with van der Waals surface area (Å²) in [6.45, 7) is 3.10. The lowest BCUT2D eigenvalue weighted by molar-refractivity contribution is -0.123. The van der Waals surface area contributed by atoms with E-state index >= 15 is 0 Å². The van der Waals surface area contributed by atoms with E-state index in [0.29, 0.717) is 11.5 Å². The Morgan fingerprint density at radius 3 is 2.44 bits per heavy atom. The number of carbonyl (C=O) groups excluding carboxylic acids is 2. The van der Waals surface area contributed by atoms with Crippen LogP contribution in [0.2, 0.25) is 0 Å². The lowest BCUT2D eigenvalue weighted by Gasteiger charge is -2.12. The second kappa shape index (κ2) is 9.24. The van der Waals surface area contributed by atoms with Crippen molar-refractivity contribution in [3.63, 3.8) is 0 Å². The van der Waals surface area contributed by atoms with Crippen LogP contribution in [-0.4, -0.2) is 22.7 Å². The van der Waals surface area contributed by atoms with E-state index in [1.807, 2.05) is 48.5 Å². The summed E-state index contributed by atoms with van der Waals surface area (Å²) in [4.78, 5) is 26.6. The van der Waals surface area contributed by atoms with Gasteiger partial charge in [-0.15, -0.1) is 0 Å². The third-order valence-electron chi connectivity index (χ3n) is 4.07. The maximum atomic E-state index is 12.6. The molecule has 3 rings (SSSR count). The zero-order valence-electron chi connectivity index (χ0n) is 15.0. The minimum Gasteiger partial charge on any atom is -0.494 e. The largest absolute Gasteiger partial charge is 0.494 e. The number of amides is 2. The molecule has 1 aliphatic rings. The van der Waals surface area contributed by atoms with E-state index in [1.165, 1.54) is 4.90 Å². The van der Waals surface area contributed by atoms with Gasteiger partial charge in [-0.2, -0.15) is 0 Å². The molecule has 6 heteroatoms. The first kappa shape index (κ1) is 19.7. The summed E-state index contributed by atoms with van der Waals surface area (Å²) in [6, 6.07) is 15.1. The summed E-state index contributed by atoms with van der Waals surface area (Å²) in [5.41, 5.74) is 1.78. The van der Waals surface area contributed by atoms with Crippen LogP contribution in [0.5, 0.6) is 5.75 Å². The number of nitrogens with zero attached hydrogens (tertiary/aromatic N) is 1. The summed E-state index contributed by atoms with van der Waals surface area (Å²) < 4.78 is 6.60. The Balaban J connectivity index is 1.67. The predicted octanol–water partition coefficient (Wildman–Crippen LogP) is 5.86. The third kappa shape index (κ3) is 5.23. The molecule has 1 heterocycles. The van der Waals surface area contributed by atoms with E-state index in [2.05, 4.69) is 22.9 Å². The van der Waals surface area contributed by atoms with Crippen molar-refractivity contribution in [2.24, 2.45) is 0 Å². The molecule has 140 valence electrons. The minimum atomic E-state index is -0.254. The molecule has 0 unspecified atom stereocenters. The number of halogens is 1. The number of benzene rings is 2. The Morgan fingerprint density at radius 2 is 1.78 bits per heavy atom. The van der Waals surface area contributed by atoms with Gasteiger partial charge in [0, 0.05) is 4.47 Å². The molecule has 27 heavy (non-hydrogen) atoms.